The number of anilines is 1. The van der Waals surface area contributed by atoms with Crippen LogP contribution in [0.3, 0.4) is 0 Å². The average Bonchev–Trinajstić information content (AvgIpc) is 3.37. The van der Waals surface area contributed by atoms with Gasteiger partial charge in [-0.3, -0.25) is 14.2 Å². The molecule has 1 aliphatic rings. The molecule has 1 atom stereocenters. The maximum absolute atomic E-state index is 14.0. The number of hydrogen-bond acceptors (Lipinski definition) is 7. The first kappa shape index (κ1) is 29.4. The highest BCUT2D eigenvalue weighted by atomic mass is 32.1. The van der Waals surface area contributed by atoms with E-state index in [4.69, 9.17) is 19.7 Å². The summed E-state index contributed by atoms with van der Waals surface area (Å²) in [7, 11) is 1.58. The Balaban J connectivity index is 1.33. The molecule has 1 aliphatic heterocycles. The number of thiazole rings is 1. The summed E-state index contributed by atoms with van der Waals surface area (Å²) in [6.07, 6.45) is 1.82. The van der Waals surface area contributed by atoms with Crippen LogP contribution in [0.4, 0.5) is 5.69 Å². The Bertz CT molecular complexity index is 2130. The minimum Gasteiger partial charge on any atom is -0.497 e. The molecule has 0 aliphatic carbocycles. The molecule has 8 nitrogen and oxygen atoms in total. The highest BCUT2D eigenvalue weighted by Gasteiger charge is 2.32. The van der Waals surface area contributed by atoms with Crippen LogP contribution in [-0.2, 0) is 11.4 Å². The minimum atomic E-state index is -0.708. The molecule has 222 valence electrons. The van der Waals surface area contributed by atoms with Gasteiger partial charge in [0.15, 0.2) is 4.80 Å². The van der Waals surface area contributed by atoms with Crippen LogP contribution < -0.4 is 29.7 Å². The van der Waals surface area contributed by atoms with Crippen LogP contribution in [0.2, 0.25) is 0 Å². The maximum atomic E-state index is 14.0. The molecule has 45 heavy (non-hydrogen) atoms. The molecule has 2 heterocycles. The van der Waals surface area contributed by atoms with E-state index in [0.29, 0.717) is 50.0 Å². The highest BCUT2D eigenvalue weighted by Crippen LogP contribution is 2.32. The summed E-state index contributed by atoms with van der Waals surface area (Å²) < 4.78 is 13.5. The van der Waals surface area contributed by atoms with E-state index in [1.54, 1.807) is 30.7 Å². The summed E-state index contributed by atoms with van der Waals surface area (Å²) >= 11 is 1.28. The largest absolute Gasteiger partial charge is 0.497 e. The summed E-state index contributed by atoms with van der Waals surface area (Å²) in [5.74, 6) is 0.968. The molecule has 0 bridgehead atoms. The molecule has 9 heteroatoms. The van der Waals surface area contributed by atoms with Crippen molar-refractivity contribution in [2.75, 3.05) is 12.4 Å². The number of aromatic nitrogens is 1. The number of amides is 1. The van der Waals surface area contributed by atoms with E-state index < -0.39 is 6.04 Å². The number of methoxy groups -OCH3 is 1. The average molecular weight is 613 g/mol. The number of para-hydroxylation sites is 1. The fourth-order valence-electron chi connectivity index (χ4n) is 5.11. The molecule has 1 amide bonds. The van der Waals surface area contributed by atoms with Gasteiger partial charge in [-0.05, 0) is 78.2 Å². The summed E-state index contributed by atoms with van der Waals surface area (Å²) in [6, 6.07) is 32.7. The van der Waals surface area contributed by atoms with Crippen LogP contribution in [0.1, 0.15) is 35.2 Å². The number of nitriles is 1. The Morgan fingerprint density at radius 1 is 1.00 bits per heavy atom. The van der Waals surface area contributed by atoms with E-state index in [-0.39, 0.29) is 11.5 Å². The number of nitrogens with zero attached hydrogens (tertiary/aromatic N) is 3. The summed E-state index contributed by atoms with van der Waals surface area (Å²) in [5.41, 5.74) is 4.43. The fraction of sp³-hybridized carbons (Fsp3) is 0.111. The second kappa shape index (κ2) is 12.9. The lowest BCUT2D eigenvalue weighted by Gasteiger charge is -2.25. The van der Waals surface area contributed by atoms with Crippen molar-refractivity contribution < 1.29 is 14.3 Å². The molecule has 0 radical (unpaired) electrons. The first-order chi connectivity index (χ1) is 21.9. The molecule has 4 aromatic carbocycles. The molecule has 5 aromatic rings. The molecular weight excluding hydrogens is 584 g/mol. The van der Waals surface area contributed by atoms with Crippen LogP contribution >= 0.6 is 11.3 Å². The van der Waals surface area contributed by atoms with Gasteiger partial charge in [-0.2, -0.15) is 5.26 Å². The number of benzene rings is 4. The van der Waals surface area contributed by atoms with Gasteiger partial charge in [-0.25, -0.2) is 4.99 Å². The SMILES string of the molecule is COc1cccc([C@@H]2C(C(=O)Nc3ccccc3)=C(C)N=c3s/c(=C\c4ccc(OCc5ccc(C#N)cc5)cc4)c(=O)n32)c1. The number of carbonyl (C=O) groups excluding carboxylic acids is 1. The van der Waals surface area contributed by atoms with E-state index in [2.05, 4.69) is 11.4 Å². The smallest absolute Gasteiger partial charge is 0.271 e. The van der Waals surface area contributed by atoms with Gasteiger partial charge in [0.05, 0.1) is 40.6 Å². The molecule has 0 spiro atoms. The van der Waals surface area contributed by atoms with Gasteiger partial charge in [-0.15, -0.1) is 0 Å². The van der Waals surface area contributed by atoms with Crippen molar-refractivity contribution >= 4 is 29.0 Å². The van der Waals surface area contributed by atoms with E-state index >= 15 is 0 Å². The molecule has 1 aromatic heterocycles. The zero-order valence-corrected chi connectivity index (χ0v) is 25.4. The number of ether oxygens (including phenoxy) is 2. The second-order valence-corrected chi connectivity index (χ2v) is 11.4. The summed E-state index contributed by atoms with van der Waals surface area (Å²) in [5, 5.41) is 11.9. The number of allylic oxidation sites excluding steroid dienone is 1. The predicted octanol–water partition coefficient (Wildman–Crippen LogP) is 5.33. The van der Waals surface area contributed by atoms with E-state index in [0.717, 1.165) is 16.7 Å². The van der Waals surface area contributed by atoms with Crippen molar-refractivity contribution in [1.29, 1.82) is 5.26 Å². The number of nitrogens with one attached hydrogen (secondary N) is 1. The Hall–Kier alpha value is -5.72. The standard InChI is InChI=1S/C36H28N4O4S/c1-23-32(34(41)39-28-8-4-3-5-9-28)33(27-7-6-10-30(20-27)43-2)40-35(42)31(45-36(40)38-23)19-24-15-17-29(18-16-24)44-22-26-13-11-25(21-37)12-14-26/h3-20,33H,22H2,1-2H3,(H,39,41)/b31-19-/t33-/m1/s1. The Morgan fingerprint density at radius 3 is 2.47 bits per heavy atom. The fourth-order valence-corrected chi connectivity index (χ4v) is 6.16. The van der Waals surface area contributed by atoms with Gasteiger partial charge in [-0.1, -0.05) is 65.9 Å². The molecule has 1 N–H and O–H groups in total. The molecule has 0 saturated heterocycles. The maximum Gasteiger partial charge on any atom is 0.271 e. The van der Waals surface area contributed by atoms with Crippen molar-refractivity contribution in [2.45, 2.75) is 19.6 Å². The number of hydrogen-bond donors (Lipinski definition) is 1. The number of carbonyl (C=O) groups is 1. The monoisotopic (exact) mass is 612 g/mol. The Kier molecular flexibility index (Phi) is 8.40. The van der Waals surface area contributed by atoms with Gasteiger partial charge in [0.1, 0.15) is 18.1 Å². The molecule has 0 unspecified atom stereocenters. The lowest BCUT2D eigenvalue weighted by molar-refractivity contribution is -0.113. The molecule has 0 fully saturated rings. The lowest BCUT2D eigenvalue weighted by atomic mass is 9.95. The van der Waals surface area contributed by atoms with E-state index in [1.807, 2.05) is 97.1 Å². The highest BCUT2D eigenvalue weighted by molar-refractivity contribution is 7.07. The number of rotatable bonds is 8. The predicted molar refractivity (Wildman–Crippen MR) is 174 cm³/mol. The zero-order valence-electron chi connectivity index (χ0n) is 24.6. The third kappa shape index (κ3) is 6.32. The van der Waals surface area contributed by atoms with Gasteiger partial charge < -0.3 is 14.8 Å². The third-order valence-corrected chi connectivity index (χ3v) is 8.36. The number of fused-ring (bicyclic) bond motifs is 1. The summed E-state index contributed by atoms with van der Waals surface area (Å²) in [6.45, 7) is 2.16. The lowest BCUT2D eigenvalue weighted by Crippen LogP contribution is -2.40. The second-order valence-electron chi connectivity index (χ2n) is 10.3. The molecular formula is C36H28N4O4S. The molecule has 6 rings (SSSR count). The normalized spacial score (nSPS) is 14.2. The quantitative estimate of drug-likeness (QED) is 0.255. The van der Waals surface area contributed by atoms with Gasteiger partial charge in [0, 0.05) is 5.69 Å². The van der Waals surface area contributed by atoms with E-state index in [1.165, 1.54) is 11.3 Å². The minimum absolute atomic E-state index is 0.245. The summed E-state index contributed by atoms with van der Waals surface area (Å²) in [4.78, 5) is 33.0. The first-order valence-corrected chi connectivity index (χ1v) is 15.0. The van der Waals surface area contributed by atoms with Crippen molar-refractivity contribution in [1.82, 2.24) is 4.57 Å². The van der Waals surface area contributed by atoms with Crippen LogP contribution in [-0.4, -0.2) is 17.6 Å². The van der Waals surface area contributed by atoms with Crippen LogP contribution in [0.5, 0.6) is 11.5 Å². The van der Waals surface area contributed by atoms with Crippen molar-refractivity contribution in [3.8, 4) is 17.6 Å². The zero-order chi connectivity index (χ0) is 31.3. The van der Waals surface area contributed by atoms with Gasteiger partial charge in [0.25, 0.3) is 11.5 Å². The Labute approximate surface area is 263 Å². The van der Waals surface area contributed by atoms with Crippen molar-refractivity contribution in [3.05, 3.63) is 156 Å². The van der Waals surface area contributed by atoms with Crippen molar-refractivity contribution in [3.63, 3.8) is 0 Å². The van der Waals surface area contributed by atoms with Crippen LogP contribution in [0, 0.1) is 11.3 Å². The van der Waals surface area contributed by atoms with Crippen LogP contribution in [0.25, 0.3) is 6.08 Å². The van der Waals surface area contributed by atoms with Gasteiger partial charge >= 0.3 is 0 Å². The molecule has 0 saturated carbocycles. The van der Waals surface area contributed by atoms with E-state index in [9.17, 15) is 9.59 Å². The Morgan fingerprint density at radius 2 is 1.76 bits per heavy atom. The van der Waals surface area contributed by atoms with Crippen molar-refractivity contribution in [2.24, 2.45) is 4.99 Å². The first-order valence-electron chi connectivity index (χ1n) is 14.2. The van der Waals surface area contributed by atoms with Gasteiger partial charge in [0.2, 0.25) is 0 Å². The third-order valence-electron chi connectivity index (χ3n) is 7.37. The van der Waals surface area contributed by atoms with Crippen LogP contribution in [0.15, 0.2) is 124 Å². The topological polar surface area (TPSA) is 106 Å².